The first kappa shape index (κ1) is 26.3. The molecule has 9 N–H and O–H groups in total. The van der Waals surface area contributed by atoms with Gasteiger partial charge in [-0.05, 0) is 13.0 Å². The number of aromatic carboxylic acids is 1. The first-order valence-electron chi connectivity index (χ1n) is 10.3. The van der Waals surface area contributed by atoms with E-state index in [9.17, 15) is 50.8 Å². The number of methoxy groups -OCH3 is 1. The standard InChI is InChI=1S/C20H28O14/c1-5-10(22)13(25)16(28)20(32-5)34-7-3-6(19(29)30)9(12(24)17(7)31-2)18-15(27)14(26)11(23)8(4-21)33-18/h3,5,8,10-11,13-16,18,20-28H,4H2,1-2H3,(H,29,30)/t5-,8+,10-,11+,13+,14-,15+,16+,18+,20-/m0/s1. The van der Waals surface area contributed by atoms with Crippen LogP contribution >= 0.6 is 0 Å². The molecule has 2 aliphatic rings. The van der Waals surface area contributed by atoms with Crippen molar-refractivity contribution < 1.29 is 69.7 Å². The second kappa shape index (κ2) is 10.2. The van der Waals surface area contributed by atoms with Gasteiger partial charge in [0.2, 0.25) is 12.0 Å². The van der Waals surface area contributed by atoms with E-state index >= 15 is 0 Å². The fourth-order valence-corrected chi connectivity index (χ4v) is 3.97. The molecule has 192 valence electrons. The zero-order chi connectivity index (χ0) is 25.5. The van der Waals surface area contributed by atoms with E-state index < -0.39 is 102 Å². The predicted molar refractivity (Wildman–Crippen MR) is 107 cm³/mol. The van der Waals surface area contributed by atoms with Gasteiger partial charge in [-0.25, -0.2) is 4.79 Å². The van der Waals surface area contributed by atoms with E-state index in [4.69, 9.17) is 18.9 Å². The van der Waals surface area contributed by atoms with Gasteiger partial charge in [0.25, 0.3) is 0 Å². The van der Waals surface area contributed by atoms with Gasteiger partial charge in [0, 0.05) is 5.56 Å². The lowest BCUT2D eigenvalue weighted by Crippen LogP contribution is -2.58. The van der Waals surface area contributed by atoms with E-state index in [0.29, 0.717) is 0 Å². The third-order valence-corrected chi connectivity index (χ3v) is 5.92. The number of rotatable bonds is 6. The molecule has 0 bridgehead atoms. The van der Waals surface area contributed by atoms with Crippen molar-refractivity contribution in [2.24, 2.45) is 0 Å². The molecule has 3 rings (SSSR count). The van der Waals surface area contributed by atoms with Gasteiger partial charge in [-0.2, -0.15) is 0 Å². The molecule has 0 radical (unpaired) electrons. The summed E-state index contributed by atoms with van der Waals surface area (Å²) < 4.78 is 21.3. The van der Waals surface area contributed by atoms with Crippen LogP contribution in [-0.4, -0.2) is 121 Å². The van der Waals surface area contributed by atoms with Gasteiger partial charge >= 0.3 is 5.97 Å². The number of carbonyl (C=O) groups is 1. The topological polar surface area (TPSA) is 236 Å². The quantitative estimate of drug-likeness (QED) is 0.190. The Morgan fingerprint density at radius 1 is 0.971 bits per heavy atom. The highest BCUT2D eigenvalue weighted by Crippen LogP contribution is 2.48. The lowest BCUT2D eigenvalue weighted by molar-refractivity contribution is -0.268. The minimum absolute atomic E-state index is 0.439. The van der Waals surface area contributed by atoms with Crippen molar-refractivity contribution in [1.29, 1.82) is 0 Å². The molecule has 0 aliphatic carbocycles. The summed E-state index contributed by atoms with van der Waals surface area (Å²) in [7, 11) is 1.10. The van der Waals surface area contributed by atoms with Crippen LogP contribution in [0.2, 0.25) is 0 Å². The van der Waals surface area contributed by atoms with Crippen LogP contribution in [0.4, 0.5) is 0 Å². The van der Waals surface area contributed by atoms with Gasteiger partial charge in [-0.1, -0.05) is 0 Å². The molecule has 0 aromatic heterocycles. The van der Waals surface area contributed by atoms with Crippen molar-refractivity contribution in [2.45, 2.75) is 68.1 Å². The predicted octanol–water partition coefficient (Wildman–Crippen LogP) is -3.18. The molecule has 2 saturated heterocycles. The molecule has 2 fully saturated rings. The fraction of sp³-hybridized carbons (Fsp3) is 0.650. The van der Waals surface area contributed by atoms with Crippen LogP contribution in [0.25, 0.3) is 0 Å². The molecule has 34 heavy (non-hydrogen) atoms. The Balaban J connectivity index is 2.07. The van der Waals surface area contributed by atoms with E-state index in [1.165, 1.54) is 6.92 Å². The smallest absolute Gasteiger partial charge is 0.336 e. The summed E-state index contributed by atoms with van der Waals surface area (Å²) in [4.78, 5) is 12.0. The molecule has 14 heteroatoms. The lowest BCUT2D eigenvalue weighted by atomic mass is 9.88. The molecule has 14 nitrogen and oxygen atoms in total. The maximum Gasteiger partial charge on any atom is 0.336 e. The number of aromatic hydroxyl groups is 1. The molecule has 0 saturated carbocycles. The molecule has 10 atom stereocenters. The zero-order valence-corrected chi connectivity index (χ0v) is 18.1. The summed E-state index contributed by atoms with van der Waals surface area (Å²) in [6.45, 7) is 0.613. The Kier molecular flexibility index (Phi) is 7.86. The fourth-order valence-electron chi connectivity index (χ4n) is 3.97. The first-order chi connectivity index (χ1) is 15.9. The van der Waals surface area contributed by atoms with E-state index in [-0.39, 0.29) is 0 Å². The van der Waals surface area contributed by atoms with Crippen LogP contribution in [0.5, 0.6) is 17.2 Å². The molecule has 2 aliphatic heterocycles. The number of ether oxygens (including phenoxy) is 4. The highest BCUT2D eigenvalue weighted by Gasteiger charge is 2.47. The Labute approximate surface area is 192 Å². The number of phenolic OH excluding ortho intramolecular Hbond substituents is 1. The summed E-state index contributed by atoms with van der Waals surface area (Å²) >= 11 is 0. The maximum atomic E-state index is 12.0. The molecule has 0 unspecified atom stereocenters. The van der Waals surface area contributed by atoms with Crippen LogP contribution in [0.15, 0.2) is 6.07 Å². The third-order valence-electron chi connectivity index (χ3n) is 5.92. The molecule has 0 spiro atoms. The Bertz CT molecular complexity index is 891. The number of aliphatic hydroxyl groups is 7. The summed E-state index contributed by atoms with van der Waals surface area (Å²) in [5.74, 6) is -3.41. The van der Waals surface area contributed by atoms with Crippen molar-refractivity contribution in [3.63, 3.8) is 0 Å². The first-order valence-corrected chi connectivity index (χ1v) is 10.3. The SMILES string of the molecule is COc1c(O[C@@H]2O[C@@H](C)[C@H](O)[C@@H](O)[C@H]2O)cc(C(=O)O)c([C@H]2O[C@H](CO)[C@@H](O)[C@H](O)[C@H]2O)c1O. The molecule has 1 aromatic carbocycles. The second-order valence-electron chi connectivity index (χ2n) is 8.07. The number of phenols is 1. The Morgan fingerprint density at radius 3 is 2.15 bits per heavy atom. The van der Waals surface area contributed by atoms with Crippen LogP contribution in [-0.2, 0) is 9.47 Å². The molecular formula is C20H28O14. The zero-order valence-electron chi connectivity index (χ0n) is 18.1. The van der Waals surface area contributed by atoms with E-state index in [1.807, 2.05) is 0 Å². The van der Waals surface area contributed by atoms with Crippen molar-refractivity contribution in [3.8, 4) is 17.2 Å². The van der Waals surface area contributed by atoms with Gasteiger partial charge < -0.3 is 64.9 Å². The number of hydrogen-bond acceptors (Lipinski definition) is 13. The number of carboxylic acids is 1. The molecule has 0 amide bonds. The molecular weight excluding hydrogens is 464 g/mol. The van der Waals surface area contributed by atoms with Gasteiger partial charge in [-0.3, -0.25) is 0 Å². The Morgan fingerprint density at radius 2 is 1.59 bits per heavy atom. The average molecular weight is 492 g/mol. The van der Waals surface area contributed by atoms with Gasteiger partial charge in [0.05, 0.1) is 25.4 Å². The lowest BCUT2D eigenvalue weighted by Gasteiger charge is -2.41. The number of hydrogen-bond donors (Lipinski definition) is 9. The average Bonchev–Trinajstić information content (AvgIpc) is 2.80. The molecule has 2 heterocycles. The third kappa shape index (κ3) is 4.51. The minimum atomic E-state index is -1.90. The van der Waals surface area contributed by atoms with E-state index in [0.717, 1.165) is 13.2 Å². The van der Waals surface area contributed by atoms with Crippen LogP contribution in [0, 0.1) is 0 Å². The minimum Gasteiger partial charge on any atom is -0.504 e. The summed E-state index contributed by atoms with van der Waals surface area (Å²) in [6.07, 6.45) is -16.0. The largest absolute Gasteiger partial charge is 0.504 e. The highest BCUT2D eigenvalue weighted by molar-refractivity contribution is 5.92. The maximum absolute atomic E-state index is 12.0. The van der Waals surface area contributed by atoms with Crippen LogP contribution in [0.1, 0.15) is 28.9 Å². The van der Waals surface area contributed by atoms with Gasteiger partial charge in [-0.15, -0.1) is 0 Å². The summed E-state index contributed by atoms with van der Waals surface area (Å²) in [6, 6.07) is 0.871. The Hall–Kier alpha value is -2.27. The van der Waals surface area contributed by atoms with Crippen LogP contribution in [0.3, 0.4) is 0 Å². The van der Waals surface area contributed by atoms with Crippen molar-refractivity contribution in [1.82, 2.24) is 0 Å². The van der Waals surface area contributed by atoms with Crippen LogP contribution < -0.4 is 9.47 Å². The van der Waals surface area contributed by atoms with E-state index in [2.05, 4.69) is 0 Å². The molecule has 1 aromatic rings. The van der Waals surface area contributed by atoms with Crippen molar-refractivity contribution >= 4 is 5.97 Å². The van der Waals surface area contributed by atoms with Gasteiger partial charge in [0.1, 0.15) is 48.8 Å². The number of benzene rings is 1. The van der Waals surface area contributed by atoms with Crippen molar-refractivity contribution in [2.75, 3.05) is 13.7 Å². The number of carboxylic acid groups (broad SMARTS) is 1. The summed E-state index contributed by atoms with van der Waals surface area (Å²) in [5.41, 5.74) is -1.21. The summed E-state index contributed by atoms with van der Waals surface area (Å²) in [5, 5.41) is 90.5. The van der Waals surface area contributed by atoms with Gasteiger partial charge in [0.15, 0.2) is 11.5 Å². The monoisotopic (exact) mass is 492 g/mol. The highest BCUT2D eigenvalue weighted by atomic mass is 16.7. The van der Waals surface area contributed by atoms with Crippen molar-refractivity contribution in [3.05, 3.63) is 17.2 Å². The second-order valence-corrected chi connectivity index (χ2v) is 8.07. The number of aliphatic hydroxyl groups excluding tert-OH is 7. The normalized spacial score (nSPS) is 38.4. The van der Waals surface area contributed by atoms with E-state index in [1.54, 1.807) is 0 Å².